The van der Waals surface area contributed by atoms with Gasteiger partial charge in [0.1, 0.15) is 17.5 Å². The maximum absolute atomic E-state index is 13.3. The van der Waals surface area contributed by atoms with E-state index in [0.717, 1.165) is 16.7 Å². The van der Waals surface area contributed by atoms with Gasteiger partial charge < -0.3 is 9.64 Å². The topological polar surface area (TPSA) is 59.5 Å². The average Bonchev–Trinajstić information content (AvgIpc) is 3.30. The molecular weight excluding hydrogens is 384 g/mol. The third-order valence-corrected chi connectivity index (χ3v) is 6.96. The van der Waals surface area contributed by atoms with Crippen molar-refractivity contribution in [2.75, 3.05) is 5.75 Å². The van der Waals surface area contributed by atoms with Gasteiger partial charge in [-0.2, -0.15) is 0 Å². The molecule has 0 N–H and O–H groups in total. The first-order valence-corrected chi connectivity index (χ1v) is 10.4. The highest BCUT2D eigenvalue weighted by molar-refractivity contribution is 8.00. The van der Waals surface area contributed by atoms with Crippen LogP contribution in [0.5, 0.6) is 0 Å². The van der Waals surface area contributed by atoms with Crippen LogP contribution in [-0.2, 0) is 21.0 Å². The highest BCUT2D eigenvalue weighted by atomic mass is 32.2. The second kappa shape index (κ2) is 7.04. The van der Waals surface area contributed by atoms with Crippen molar-refractivity contribution in [3.8, 4) is 0 Å². The smallest absolute Gasteiger partial charge is 0.330 e. The van der Waals surface area contributed by atoms with Crippen molar-refractivity contribution in [1.29, 1.82) is 0 Å². The fraction of sp³-hybridized carbons (Fsp3) is 0.174. The van der Waals surface area contributed by atoms with E-state index in [2.05, 4.69) is 4.98 Å². The average molecular weight is 402 g/mol. The van der Waals surface area contributed by atoms with Gasteiger partial charge in [-0.15, -0.1) is 11.8 Å². The van der Waals surface area contributed by atoms with Crippen LogP contribution in [0.3, 0.4) is 0 Å². The van der Waals surface area contributed by atoms with E-state index < -0.39 is 10.9 Å². The Kier molecular flexibility index (Phi) is 4.36. The summed E-state index contributed by atoms with van der Waals surface area (Å²) in [5.74, 6) is -0.0157. The molecule has 2 atom stereocenters. The third kappa shape index (κ3) is 2.75. The first kappa shape index (κ1) is 17.9. The van der Waals surface area contributed by atoms with Gasteiger partial charge in [-0.25, -0.2) is 4.79 Å². The molecule has 1 fully saturated rings. The molecule has 3 aromatic rings. The number of ether oxygens (including phenoxy) is 1. The van der Waals surface area contributed by atoms with Crippen molar-refractivity contribution in [1.82, 2.24) is 9.88 Å². The molecule has 0 saturated carbocycles. The molecule has 2 aliphatic heterocycles. The summed E-state index contributed by atoms with van der Waals surface area (Å²) in [7, 11) is 0. The summed E-state index contributed by atoms with van der Waals surface area (Å²) in [6, 6.07) is 20.5. The minimum absolute atomic E-state index is 0.125. The Bertz CT molecular complexity index is 1070. The van der Waals surface area contributed by atoms with E-state index in [1.54, 1.807) is 29.1 Å². The van der Waals surface area contributed by atoms with Crippen LogP contribution < -0.4 is 0 Å². The first-order valence-electron chi connectivity index (χ1n) is 9.40. The number of amides is 1. The fourth-order valence-corrected chi connectivity index (χ4v) is 5.76. The van der Waals surface area contributed by atoms with Crippen molar-refractivity contribution in [2.45, 2.75) is 17.5 Å². The summed E-state index contributed by atoms with van der Waals surface area (Å²) >= 11 is 1.61. The van der Waals surface area contributed by atoms with Crippen LogP contribution in [0.15, 0.2) is 79.1 Å². The Morgan fingerprint density at radius 2 is 1.79 bits per heavy atom. The van der Waals surface area contributed by atoms with E-state index in [-0.39, 0.29) is 18.5 Å². The lowest BCUT2D eigenvalue weighted by atomic mass is 9.97. The molecular formula is C23H18N2O3S. The summed E-state index contributed by atoms with van der Waals surface area (Å²) in [6.45, 7) is 0.163. The predicted octanol–water partition coefficient (Wildman–Crippen LogP) is 3.60. The van der Waals surface area contributed by atoms with Gasteiger partial charge >= 0.3 is 5.97 Å². The summed E-state index contributed by atoms with van der Waals surface area (Å²) in [5, 5.41) is 0. The number of carbonyl (C=O) groups excluding carboxylic acids is 2. The minimum atomic E-state index is -0.699. The number of rotatable bonds is 4. The van der Waals surface area contributed by atoms with Gasteiger partial charge in [0.2, 0.25) is 0 Å². The largest absolute Gasteiger partial charge is 0.459 e. The first-order chi connectivity index (χ1) is 14.2. The number of hydrogen-bond donors (Lipinski definition) is 0. The Morgan fingerprint density at radius 1 is 1.07 bits per heavy atom. The van der Waals surface area contributed by atoms with Gasteiger partial charge in [0.05, 0.1) is 0 Å². The Balaban J connectivity index is 1.51. The van der Waals surface area contributed by atoms with Crippen molar-refractivity contribution >= 4 is 23.6 Å². The molecule has 0 aliphatic carbocycles. The van der Waals surface area contributed by atoms with Crippen LogP contribution in [0.1, 0.15) is 27.0 Å². The van der Waals surface area contributed by atoms with Crippen molar-refractivity contribution in [3.05, 3.63) is 101 Å². The second-order valence-electron chi connectivity index (χ2n) is 7.02. The summed E-state index contributed by atoms with van der Waals surface area (Å²) < 4.78 is 5.57. The Hall–Kier alpha value is -3.12. The zero-order valence-corrected chi connectivity index (χ0v) is 16.3. The van der Waals surface area contributed by atoms with E-state index in [9.17, 15) is 9.59 Å². The molecule has 1 aromatic heterocycles. The molecule has 2 aliphatic rings. The van der Waals surface area contributed by atoms with Crippen molar-refractivity contribution in [3.63, 3.8) is 0 Å². The van der Waals surface area contributed by atoms with Crippen LogP contribution in [-0.4, -0.2) is 33.6 Å². The van der Waals surface area contributed by atoms with Gasteiger partial charge in [-0.3, -0.25) is 9.78 Å². The maximum atomic E-state index is 13.3. The molecule has 6 heteroatoms. The molecule has 0 spiro atoms. The second-order valence-corrected chi connectivity index (χ2v) is 8.23. The van der Waals surface area contributed by atoms with Gasteiger partial charge in [-0.05, 0) is 29.3 Å². The standard InChI is InChI=1S/C23H18N2O3S/c26-21-18-8-4-5-9-19(18)23(17-6-2-1-3-7-17)25(21)20(15-29-23)22(27)28-14-16-10-12-24-13-11-16/h1-13,20H,14-15H2. The molecule has 5 rings (SSSR count). The van der Waals surface area contributed by atoms with E-state index in [0.29, 0.717) is 11.3 Å². The van der Waals surface area contributed by atoms with Crippen LogP contribution in [0.2, 0.25) is 0 Å². The number of aromatic nitrogens is 1. The zero-order valence-electron chi connectivity index (χ0n) is 15.5. The molecule has 2 aromatic carbocycles. The molecule has 5 nitrogen and oxygen atoms in total. The van der Waals surface area contributed by atoms with Gasteiger partial charge in [0.25, 0.3) is 5.91 Å². The van der Waals surface area contributed by atoms with E-state index >= 15 is 0 Å². The number of thioether (sulfide) groups is 1. The summed E-state index contributed by atoms with van der Waals surface area (Å²) in [4.78, 5) is 31.3. The maximum Gasteiger partial charge on any atom is 0.330 e. The molecule has 144 valence electrons. The molecule has 29 heavy (non-hydrogen) atoms. The number of benzene rings is 2. The van der Waals surface area contributed by atoms with Crippen molar-refractivity contribution in [2.24, 2.45) is 0 Å². The highest BCUT2D eigenvalue weighted by Crippen LogP contribution is 2.57. The summed E-state index contributed by atoms with van der Waals surface area (Å²) in [6.07, 6.45) is 3.32. The van der Waals surface area contributed by atoms with Gasteiger partial charge in [0.15, 0.2) is 0 Å². The number of carbonyl (C=O) groups is 2. The monoisotopic (exact) mass is 402 g/mol. The molecule has 0 radical (unpaired) electrons. The lowest BCUT2D eigenvalue weighted by Crippen LogP contribution is -2.47. The predicted molar refractivity (Wildman–Crippen MR) is 110 cm³/mol. The summed E-state index contributed by atoms with van der Waals surface area (Å²) in [5.41, 5.74) is 3.44. The molecule has 1 saturated heterocycles. The quantitative estimate of drug-likeness (QED) is 0.624. The number of nitrogens with zero attached hydrogens (tertiary/aromatic N) is 2. The molecule has 0 bridgehead atoms. The van der Waals surface area contributed by atoms with E-state index in [4.69, 9.17) is 4.74 Å². The molecule has 2 unspecified atom stereocenters. The van der Waals surface area contributed by atoms with Crippen LogP contribution in [0.4, 0.5) is 0 Å². The van der Waals surface area contributed by atoms with E-state index in [1.807, 2.05) is 66.7 Å². The Labute approximate surface area is 172 Å². The number of fused-ring (bicyclic) bond motifs is 3. The number of pyridine rings is 1. The SMILES string of the molecule is O=C(OCc1ccncc1)C1CSC2(c3ccccc3)c3ccccc3C(=O)N12. The number of esters is 1. The van der Waals surface area contributed by atoms with Gasteiger partial charge in [0, 0.05) is 29.3 Å². The number of hydrogen-bond acceptors (Lipinski definition) is 5. The minimum Gasteiger partial charge on any atom is -0.459 e. The van der Waals surface area contributed by atoms with Crippen LogP contribution in [0, 0.1) is 0 Å². The van der Waals surface area contributed by atoms with Crippen LogP contribution in [0.25, 0.3) is 0 Å². The Morgan fingerprint density at radius 3 is 2.59 bits per heavy atom. The lowest BCUT2D eigenvalue weighted by molar-refractivity contribution is -0.149. The normalized spacial score (nSPS) is 22.3. The third-order valence-electron chi connectivity index (χ3n) is 5.41. The van der Waals surface area contributed by atoms with E-state index in [1.165, 1.54) is 0 Å². The van der Waals surface area contributed by atoms with Gasteiger partial charge in [-0.1, -0.05) is 48.5 Å². The fourth-order valence-electron chi connectivity index (χ4n) is 4.10. The van der Waals surface area contributed by atoms with Crippen molar-refractivity contribution < 1.29 is 14.3 Å². The molecule has 1 amide bonds. The lowest BCUT2D eigenvalue weighted by Gasteiger charge is -2.34. The zero-order chi connectivity index (χ0) is 19.8. The van der Waals surface area contributed by atoms with Crippen LogP contribution >= 0.6 is 11.8 Å². The molecule has 3 heterocycles. The highest BCUT2D eigenvalue weighted by Gasteiger charge is 2.60.